The van der Waals surface area contributed by atoms with E-state index < -0.39 is 0 Å². The molecule has 1 saturated heterocycles. The quantitative estimate of drug-likeness (QED) is 0.776. The summed E-state index contributed by atoms with van der Waals surface area (Å²) in [6.07, 6.45) is 3.50. The molecule has 3 heterocycles. The van der Waals surface area contributed by atoms with Gasteiger partial charge in [0.05, 0.1) is 30.6 Å². The van der Waals surface area contributed by atoms with Crippen molar-refractivity contribution in [3.63, 3.8) is 0 Å². The van der Waals surface area contributed by atoms with Crippen LogP contribution in [0.15, 0.2) is 36.8 Å². The van der Waals surface area contributed by atoms with E-state index in [0.717, 1.165) is 48.7 Å². The zero-order valence-corrected chi connectivity index (χ0v) is 11.5. The Bertz CT molecular complexity index is 763. The fourth-order valence-electron chi connectivity index (χ4n) is 2.59. The van der Waals surface area contributed by atoms with Gasteiger partial charge in [-0.15, -0.1) is 0 Å². The normalized spacial score (nSPS) is 15.5. The molecule has 0 amide bonds. The number of fused-ring (bicyclic) bond motifs is 1. The lowest BCUT2D eigenvalue weighted by Gasteiger charge is -2.27. The van der Waals surface area contributed by atoms with Crippen molar-refractivity contribution in [3.8, 4) is 11.4 Å². The second-order valence-electron chi connectivity index (χ2n) is 4.94. The van der Waals surface area contributed by atoms with E-state index in [0.29, 0.717) is 5.82 Å². The predicted octanol–water partition coefficient (Wildman–Crippen LogP) is 1.86. The first-order chi connectivity index (χ1) is 10.4. The molecule has 6 nitrogen and oxygen atoms in total. The third-order valence-electron chi connectivity index (χ3n) is 3.67. The maximum absolute atomic E-state index is 5.38. The van der Waals surface area contributed by atoms with E-state index in [1.807, 2.05) is 24.3 Å². The summed E-state index contributed by atoms with van der Waals surface area (Å²) in [4.78, 5) is 18.8. The van der Waals surface area contributed by atoms with Crippen molar-refractivity contribution in [1.82, 2.24) is 19.9 Å². The maximum atomic E-state index is 5.38. The van der Waals surface area contributed by atoms with Gasteiger partial charge in [-0.05, 0) is 18.2 Å². The second kappa shape index (κ2) is 5.14. The molecule has 106 valence electrons. The van der Waals surface area contributed by atoms with Crippen LogP contribution in [0.5, 0.6) is 0 Å². The van der Waals surface area contributed by atoms with Crippen LogP contribution in [0, 0.1) is 0 Å². The third kappa shape index (κ3) is 2.23. The van der Waals surface area contributed by atoms with Crippen molar-refractivity contribution >= 4 is 16.9 Å². The van der Waals surface area contributed by atoms with Crippen molar-refractivity contribution in [2.45, 2.75) is 0 Å². The molecule has 1 fully saturated rings. The summed E-state index contributed by atoms with van der Waals surface area (Å²) in [6, 6.07) is 7.93. The molecular weight excluding hydrogens is 266 g/mol. The molecule has 3 aromatic rings. The SMILES string of the molecule is c1cc(-c2nccc(N3CCOCC3)n2)c2nc[nH]c2c1. The van der Waals surface area contributed by atoms with Gasteiger partial charge in [0.2, 0.25) is 0 Å². The first kappa shape index (κ1) is 12.3. The Balaban J connectivity index is 1.76. The zero-order valence-electron chi connectivity index (χ0n) is 11.5. The van der Waals surface area contributed by atoms with Gasteiger partial charge in [-0.2, -0.15) is 0 Å². The van der Waals surface area contributed by atoms with E-state index in [2.05, 4.69) is 19.9 Å². The molecule has 6 heteroatoms. The fraction of sp³-hybridized carbons (Fsp3) is 0.267. The number of nitrogens with zero attached hydrogens (tertiary/aromatic N) is 4. The number of benzene rings is 1. The lowest BCUT2D eigenvalue weighted by Crippen LogP contribution is -2.36. The van der Waals surface area contributed by atoms with Crippen molar-refractivity contribution < 1.29 is 4.74 Å². The van der Waals surface area contributed by atoms with Gasteiger partial charge < -0.3 is 14.6 Å². The number of hydrogen-bond acceptors (Lipinski definition) is 5. The molecule has 4 rings (SSSR count). The smallest absolute Gasteiger partial charge is 0.163 e. The Hall–Kier alpha value is -2.47. The van der Waals surface area contributed by atoms with Crippen LogP contribution in [0.2, 0.25) is 0 Å². The number of hydrogen-bond donors (Lipinski definition) is 1. The molecule has 0 aliphatic carbocycles. The number of imidazole rings is 1. The van der Waals surface area contributed by atoms with Gasteiger partial charge in [0.25, 0.3) is 0 Å². The van der Waals surface area contributed by atoms with Gasteiger partial charge in [-0.25, -0.2) is 15.0 Å². The number of aromatic amines is 1. The minimum Gasteiger partial charge on any atom is -0.378 e. The Kier molecular flexibility index (Phi) is 3.01. The van der Waals surface area contributed by atoms with Crippen LogP contribution in [0.4, 0.5) is 5.82 Å². The largest absolute Gasteiger partial charge is 0.378 e. The Morgan fingerprint density at radius 2 is 2.00 bits per heavy atom. The highest BCUT2D eigenvalue weighted by atomic mass is 16.5. The maximum Gasteiger partial charge on any atom is 0.163 e. The Labute approximate surface area is 121 Å². The average Bonchev–Trinajstić information content (AvgIpc) is 3.04. The minimum atomic E-state index is 0.705. The van der Waals surface area contributed by atoms with E-state index in [-0.39, 0.29) is 0 Å². The lowest BCUT2D eigenvalue weighted by molar-refractivity contribution is 0.122. The molecule has 1 aromatic carbocycles. The molecule has 1 N–H and O–H groups in total. The number of para-hydroxylation sites is 1. The summed E-state index contributed by atoms with van der Waals surface area (Å²) in [5, 5.41) is 0. The predicted molar refractivity (Wildman–Crippen MR) is 80.2 cm³/mol. The number of ether oxygens (including phenoxy) is 1. The van der Waals surface area contributed by atoms with Crippen LogP contribution in [-0.2, 0) is 4.74 Å². The molecule has 21 heavy (non-hydrogen) atoms. The topological polar surface area (TPSA) is 66.9 Å². The highest BCUT2D eigenvalue weighted by molar-refractivity contribution is 5.89. The lowest BCUT2D eigenvalue weighted by atomic mass is 10.1. The first-order valence-corrected chi connectivity index (χ1v) is 7.00. The van der Waals surface area contributed by atoms with E-state index in [1.165, 1.54) is 0 Å². The molecule has 0 unspecified atom stereocenters. The summed E-state index contributed by atoms with van der Waals surface area (Å²) >= 11 is 0. The van der Waals surface area contributed by atoms with Gasteiger partial charge in [-0.1, -0.05) is 6.07 Å². The summed E-state index contributed by atoms with van der Waals surface area (Å²) in [6.45, 7) is 3.22. The zero-order chi connectivity index (χ0) is 14.1. The average molecular weight is 281 g/mol. The van der Waals surface area contributed by atoms with E-state index in [1.54, 1.807) is 12.5 Å². The van der Waals surface area contributed by atoms with Gasteiger partial charge in [0.1, 0.15) is 5.82 Å². The van der Waals surface area contributed by atoms with Gasteiger partial charge in [0.15, 0.2) is 5.82 Å². The van der Waals surface area contributed by atoms with Crippen LogP contribution >= 0.6 is 0 Å². The van der Waals surface area contributed by atoms with Crippen LogP contribution in [0.25, 0.3) is 22.4 Å². The molecule has 0 saturated carbocycles. The molecule has 0 atom stereocenters. The van der Waals surface area contributed by atoms with Gasteiger partial charge >= 0.3 is 0 Å². The number of rotatable bonds is 2. The molecule has 0 bridgehead atoms. The molecule has 0 radical (unpaired) electrons. The second-order valence-corrected chi connectivity index (χ2v) is 4.94. The number of H-pyrrole nitrogens is 1. The van der Waals surface area contributed by atoms with Crippen LogP contribution in [-0.4, -0.2) is 46.2 Å². The van der Waals surface area contributed by atoms with Crippen LogP contribution in [0.1, 0.15) is 0 Å². The standard InChI is InChI=1S/C15H15N5O/c1-2-11(14-12(3-1)17-10-18-14)15-16-5-4-13(19-15)20-6-8-21-9-7-20/h1-5,10H,6-9H2,(H,17,18). The number of morpholine rings is 1. The molecule has 0 spiro atoms. The summed E-state index contributed by atoms with van der Waals surface area (Å²) in [7, 11) is 0. The van der Waals surface area contributed by atoms with Crippen LogP contribution < -0.4 is 4.90 Å². The molecular formula is C15H15N5O. The highest BCUT2D eigenvalue weighted by Crippen LogP contribution is 2.25. The van der Waals surface area contributed by atoms with Crippen molar-refractivity contribution in [2.75, 3.05) is 31.2 Å². The Morgan fingerprint density at radius 3 is 2.90 bits per heavy atom. The van der Waals surface area contributed by atoms with E-state index in [9.17, 15) is 0 Å². The van der Waals surface area contributed by atoms with Gasteiger partial charge in [-0.3, -0.25) is 0 Å². The number of anilines is 1. The van der Waals surface area contributed by atoms with Crippen molar-refractivity contribution in [2.24, 2.45) is 0 Å². The summed E-state index contributed by atoms with van der Waals surface area (Å²) < 4.78 is 5.38. The van der Waals surface area contributed by atoms with E-state index in [4.69, 9.17) is 9.72 Å². The van der Waals surface area contributed by atoms with Crippen LogP contribution in [0.3, 0.4) is 0 Å². The van der Waals surface area contributed by atoms with E-state index >= 15 is 0 Å². The minimum absolute atomic E-state index is 0.705. The number of aromatic nitrogens is 4. The summed E-state index contributed by atoms with van der Waals surface area (Å²) in [5.41, 5.74) is 2.84. The third-order valence-corrected chi connectivity index (χ3v) is 3.67. The number of nitrogens with one attached hydrogen (secondary N) is 1. The van der Waals surface area contributed by atoms with Crippen molar-refractivity contribution in [1.29, 1.82) is 0 Å². The molecule has 2 aromatic heterocycles. The molecule has 1 aliphatic heterocycles. The monoisotopic (exact) mass is 281 g/mol. The van der Waals surface area contributed by atoms with Crippen molar-refractivity contribution in [3.05, 3.63) is 36.8 Å². The Morgan fingerprint density at radius 1 is 1.10 bits per heavy atom. The van der Waals surface area contributed by atoms with Gasteiger partial charge in [0, 0.05) is 24.8 Å². The first-order valence-electron chi connectivity index (χ1n) is 7.00. The molecule has 1 aliphatic rings. The summed E-state index contributed by atoms with van der Waals surface area (Å²) in [5.74, 6) is 1.65. The highest BCUT2D eigenvalue weighted by Gasteiger charge is 2.14. The fourth-order valence-corrected chi connectivity index (χ4v) is 2.59.